The number of nitrogens with one attached hydrogen (secondary N) is 2. The molecule has 1 heterocycles. The van der Waals surface area contributed by atoms with Gasteiger partial charge in [0.25, 0.3) is 0 Å². The van der Waals surface area contributed by atoms with Crippen LogP contribution in [0.3, 0.4) is 0 Å². The Bertz CT molecular complexity index is 452. The second-order valence-corrected chi connectivity index (χ2v) is 2.43. The van der Waals surface area contributed by atoms with Crippen LogP contribution in [0.15, 0.2) is 18.2 Å². The van der Waals surface area contributed by atoms with Crippen LogP contribution >= 0.6 is 0 Å². The fraction of sp³-hybridized carbons (Fsp3) is 0. The van der Waals surface area contributed by atoms with Crippen molar-refractivity contribution in [3.8, 4) is 0 Å². The van der Waals surface area contributed by atoms with E-state index in [0.29, 0.717) is 16.7 Å². The van der Waals surface area contributed by atoms with E-state index in [1.165, 1.54) is 6.07 Å². The van der Waals surface area contributed by atoms with Crippen LogP contribution in [-0.2, 0) is 0 Å². The maximum atomic E-state index is 11.9. The molecule has 0 spiro atoms. The van der Waals surface area contributed by atoms with E-state index >= 15 is 0 Å². The Kier molecular flexibility index (Phi) is 1.66. The van der Waals surface area contributed by atoms with Crippen molar-refractivity contribution in [3.63, 3.8) is 0 Å². The van der Waals surface area contributed by atoms with Crippen LogP contribution in [0.2, 0.25) is 0 Å². The molecule has 0 aliphatic rings. The summed E-state index contributed by atoms with van der Waals surface area (Å²) in [4.78, 5) is 10.1. The molecule has 0 saturated carbocycles. The van der Waals surface area contributed by atoms with Gasteiger partial charge < -0.3 is 0 Å². The molecule has 0 aliphatic carbocycles. The molecule has 1 aromatic carbocycles. The first kappa shape index (κ1) is 7.66. The summed E-state index contributed by atoms with van der Waals surface area (Å²) < 4.78 is 11.9. The van der Waals surface area contributed by atoms with Gasteiger partial charge in [0, 0.05) is 5.69 Å². The topological polar surface area (TPSA) is 70.7 Å². The average Bonchev–Trinajstić information content (AvgIpc) is 2.49. The van der Waals surface area contributed by atoms with Gasteiger partial charge in [0.05, 0.1) is 0 Å². The number of nitrogens with zero attached hydrogens (tertiary/aromatic N) is 2. The second kappa shape index (κ2) is 2.81. The predicted molar refractivity (Wildman–Crippen MR) is 44.0 cm³/mol. The Hall–Kier alpha value is -1.98. The lowest BCUT2D eigenvalue weighted by molar-refractivity contribution is 0.235. The lowest BCUT2D eigenvalue weighted by Crippen LogP contribution is -2.01. The Labute approximate surface area is 71.9 Å². The molecule has 0 aliphatic heterocycles. The number of rotatable bonds is 1. The van der Waals surface area contributed by atoms with E-state index in [-0.39, 0.29) is 0 Å². The fourth-order valence-electron chi connectivity index (χ4n) is 1.03. The van der Waals surface area contributed by atoms with Gasteiger partial charge in [-0.25, -0.2) is 4.79 Å². The third-order valence-electron chi connectivity index (χ3n) is 1.56. The molecule has 0 atom stereocenters. The zero-order valence-corrected chi connectivity index (χ0v) is 6.41. The Balaban J connectivity index is 2.42. The summed E-state index contributed by atoms with van der Waals surface area (Å²) in [6.07, 6.45) is -1.59. The zero-order valence-electron chi connectivity index (χ0n) is 6.41. The molecule has 6 heteroatoms. The molecule has 0 fully saturated rings. The third kappa shape index (κ3) is 1.46. The van der Waals surface area contributed by atoms with Gasteiger partial charge in [0.2, 0.25) is 0 Å². The Morgan fingerprint density at radius 2 is 2.15 bits per heavy atom. The van der Waals surface area contributed by atoms with Crippen molar-refractivity contribution in [1.29, 1.82) is 0 Å². The smallest absolute Gasteiger partial charge is 0.298 e. The van der Waals surface area contributed by atoms with Crippen molar-refractivity contribution in [2.45, 2.75) is 0 Å². The van der Waals surface area contributed by atoms with Crippen molar-refractivity contribution >= 4 is 22.9 Å². The van der Waals surface area contributed by atoms with Gasteiger partial charge in [0.1, 0.15) is 11.0 Å². The van der Waals surface area contributed by atoms with Crippen molar-refractivity contribution < 1.29 is 9.18 Å². The zero-order chi connectivity index (χ0) is 9.26. The highest BCUT2D eigenvalue weighted by molar-refractivity contribution is 5.87. The first-order chi connectivity index (χ1) is 6.25. The van der Waals surface area contributed by atoms with Gasteiger partial charge in [0.15, 0.2) is 0 Å². The summed E-state index contributed by atoms with van der Waals surface area (Å²) in [6, 6.07) is 4.70. The molecule has 66 valence electrons. The van der Waals surface area contributed by atoms with E-state index in [4.69, 9.17) is 0 Å². The number of fused-ring (bicyclic) bond motifs is 1. The molecular weight excluding hydrogens is 175 g/mol. The van der Waals surface area contributed by atoms with E-state index in [1.54, 1.807) is 12.1 Å². The number of halogens is 1. The summed E-state index contributed by atoms with van der Waals surface area (Å²) in [5.41, 5.74) is 1.59. The molecule has 0 saturated heterocycles. The van der Waals surface area contributed by atoms with Gasteiger partial charge in [-0.3, -0.25) is 5.32 Å². The predicted octanol–water partition coefficient (Wildman–Crippen LogP) is 1.46. The number of aromatic nitrogens is 3. The highest BCUT2D eigenvalue weighted by Gasteiger charge is 2.01. The quantitative estimate of drug-likeness (QED) is 0.515. The summed E-state index contributed by atoms with van der Waals surface area (Å²) in [6.45, 7) is 0. The van der Waals surface area contributed by atoms with Crippen LogP contribution < -0.4 is 5.32 Å². The van der Waals surface area contributed by atoms with Crippen LogP contribution in [0.1, 0.15) is 0 Å². The highest BCUT2D eigenvalue weighted by Crippen LogP contribution is 2.14. The largest absolute Gasteiger partial charge is 0.401 e. The highest BCUT2D eigenvalue weighted by atomic mass is 19.1. The Morgan fingerprint density at radius 1 is 1.38 bits per heavy atom. The third-order valence-corrected chi connectivity index (χ3v) is 1.56. The summed E-state index contributed by atoms with van der Waals surface area (Å²) in [5, 5.41) is 12.0. The molecule has 2 aromatic rings. The van der Waals surface area contributed by atoms with E-state index in [2.05, 4.69) is 15.4 Å². The Morgan fingerprint density at radius 3 is 2.92 bits per heavy atom. The normalized spacial score (nSPS) is 10.2. The van der Waals surface area contributed by atoms with Crippen LogP contribution in [-0.4, -0.2) is 21.6 Å². The van der Waals surface area contributed by atoms with Gasteiger partial charge in [-0.1, -0.05) is 0 Å². The molecule has 5 nitrogen and oxygen atoms in total. The number of benzene rings is 1. The van der Waals surface area contributed by atoms with Gasteiger partial charge in [-0.05, 0) is 18.2 Å². The van der Waals surface area contributed by atoms with Crippen LogP contribution in [0.25, 0.3) is 11.0 Å². The van der Waals surface area contributed by atoms with E-state index in [0.717, 1.165) is 0 Å². The number of aromatic amines is 1. The first-order valence-corrected chi connectivity index (χ1v) is 3.53. The average molecular weight is 180 g/mol. The molecule has 0 unspecified atom stereocenters. The number of carbonyl (C=O) groups is 1. The molecule has 13 heavy (non-hydrogen) atoms. The first-order valence-electron chi connectivity index (χ1n) is 3.53. The maximum absolute atomic E-state index is 11.9. The monoisotopic (exact) mass is 180 g/mol. The molecule has 0 bridgehead atoms. The number of carbonyl (C=O) groups excluding carboxylic acids is 1. The standard InChI is InChI=1S/C7H5FN4O/c8-7(13)9-4-1-2-5-6(3-4)11-12-10-5/h1-3H,(H,9,13)(H,10,11,12). The second-order valence-electron chi connectivity index (χ2n) is 2.43. The minimum Gasteiger partial charge on any atom is -0.298 e. The van der Waals surface area contributed by atoms with E-state index in [1.807, 2.05) is 5.32 Å². The lowest BCUT2D eigenvalue weighted by Gasteiger charge is -1.96. The molecule has 0 radical (unpaired) electrons. The SMILES string of the molecule is O=C(F)Nc1ccc2n[nH]nc2c1. The fourth-order valence-corrected chi connectivity index (χ4v) is 1.03. The van der Waals surface area contributed by atoms with E-state index in [9.17, 15) is 9.18 Å². The number of hydrogen-bond acceptors (Lipinski definition) is 3. The maximum Gasteiger partial charge on any atom is 0.401 e. The van der Waals surface area contributed by atoms with Crippen molar-refractivity contribution in [2.24, 2.45) is 0 Å². The van der Waals surface area contributed by atoms with Gasteiger partial charge in [-0.15, -0.1) is 4.39 Å². The summed E-state index contributed by atoms with van der Waals surface area (Å²) in [5.74, 6) is 0. The van der Waals surface area contributed by atoms with Gasteiger partial charge >= 0.3 is 6.16 Å². The minimum atomic E-state index is -1.59. The van der Waals surface area contributed by atoms with E-state index < -0.39 is 6.16 Å². The minimum absolute atomic E-state index is 0.355. The van der Waals surface area contributed by atoms with Crippen LogP contribution in [0.5, 0.6) is 0 Å². The summed E-state index contributed by atoms with van der Waals surface area (Å²) >= 11 is 0. The lowest BCUT2D eigenvalue weighted by atomic mass is 10.3. The molecule has 1 amide bonds. The van der Waals surface area contributed by atoms with Crippen LogP contribution in [0, 0.1) is 0 Å². The number of hydrogen-bond donors (Lipinski definition) is 2. The van der Waals surface area contributed by atoms with Gasteiger partial charge in [-0.2, -0.15) is 15.4 Å². The molecule has 2 rings (SSSR count). The molecular formula is C7H5FN4O. The van der Waals surface area contributed by atoms with Crippen molar-refractivity contribution in [3.05, 3.63) is 18.2 Å². The molecule has 2 N–H and O–H groups in total. The number of amides is 1. The number of anilines is 1. The van der Waals surface area contributed by atoms with Crippen molar-refractivity contribution in [1.82, 2.24) is 15.4 Å². The van der Waals surface area contributed by atoms with Crippen LogP contribution in [0.4, 0.5) is 14.9 Å². The number of H-pyrrole nitrogens is 1. The van der Waals surface area contributed by atoms with Crippen molar-refractivity contribution in [2.75, 3.05) is 5.32 Å². The molecule has 1 aromatic heterocycles. The summed E-state index contributed by atoms with van der Waals surface area (Å²) in [7, 11) is 0.